The summed E-state index contributed by atoms with van der Waals surface area (Å²) in [6.45, 7) is 4.15. The molecule has 0 aliphatic carbocycles. The van der Waals surface area contributed by atoms with Crippen molar-refractivity contribution in [3.8, 4) is 0 Å². The van der Waals surface area contributed by atoms with Crippen LogP contribution in [0.4, 0.5) is 0 Å². The van der Waals surface area contributed by atoms with Gasteiger partial charge in [-0.05, 0) is 0 Å². The number of esters is 1. The van der Waals surface area contributed by atoms with E-state index in [1.165, 1.54) is 4.46 Å². The Morgan fingerprint density at radius 3 is 2.62 bits per heavy atom. The second-order valence-corrected chi connectivity index (χ2v) is 6.27. The predicted octanol–water partition coefficient (Wildman–Crippen LogP) is 2.14. The first-order chi connectivity index (χ1) is 7.61. The van der Waals surface area contributed by atoms with Gasteiger partial charge in [-0.3, -0.25) is 0 Å². The average molecular weight is 304 g/mol. The summed E-state index contributed by atoms with van der Waals surface area (Å²) in [4.78, 5) is 11.2. The molecule has 1 aromatic carbocycles. The fourth-order valence-electron chi connectivity index (χ4n) is 1.07. The molecule has 0 saturated carbocycles. The Labute approximate surface area is 107 Å². The van der Waals surface area contributed by atoms with Crippen LogP contribution in [-0.2, 0) is 9.53 Å². The first-order valence-electron chi connectivity index (χ1n) is 4.90. The van der Waals surface area contributed by atoms with Gasteiger partial charge < -0.3 is 0 Å². The van der Waals surface area contributed by atoms with E-state index in [1.807, 2.05) is 31.2 Å². The zero-order chi connectivity index (χ0) is 12.0. The molecule has 0 aliphatic heterocycles. The van der Waals surface area contributed by atoms with Crippen molar-refractivity contribution in [1.29, 1.82) is 0 Å². The van der Waals surface area contributed by atoms with Crippen LogP contribution in [-0.4, -0.2) is 27.5 Å². The van der Waals surface area contributed by atoms with Crippen LogP contribution in [0, 0.1) is 0 Å². The Hall–Kier alpha value is -0.761. The van der Waals surface area contributed by atoms with E-state index in [0.29, 0.717) is 6.61 Å². The molecule has 0 N–H and O–H groups in total. The van der Waals surface area contributed by atoms with Crippen LogP contribution >= 0.6 is 11.6 Å². The van der Waals surface area contributed by atoms with Crippen LogP contribution in [0.3, 0.4) is 0 Å². The molecule has 4 heteroatoms. The van der Waals surface area contributed by atoms with Crippen molar-refractivity contribution < 1.29 is 9.53 Å². The molecule has 0 heterocycles. The molecule has 1 rings (SSSR count). The number of hydrogen-bond donors (Lipinski definition) is 0. The van der Waals surface area contributed by atoms with E-state index in [4.69, 9.17) is 16.3 Å². The van der Waals surface area contributed by atoms with Gasteiger partial charge in [0.25, 0.3) is 0 Å². The second-order valence-electron chi connectivity index (χ2n) is 3.06. The van der Waals surface area contributed by atoms with Crippen LogP contribution < -0.4 is 4.46 Å². The van der Waals surface area contributed by atoms with Gasteiger partial charge in [-0.2, -0.15) is 0 Å². The third-order valence-corrected chi connectivity index (χ3v) is 3.94. The van der Waals surface area contributed by atoms with E-state index in [1.54, 1.807) is 13.0 Å². The Kier molecular flexibility index (Phi) is 5.61. The molecule has 0 amide bonds. The van der Waals surface area contributed by atoms with Gasteiger partial charge in [-0.15, -0.1) is 0 Å². The molecule has 0 radical (unpaired) electrons. The summed E-state index contributed by atoms with van der Waals surface area (Å²) in [5, 5.41) is 0.728. The molecule has 0 fully saturated rings. The van der Waals surface area contributed by atoms with Crippen LogP contribution in [0.25, 0.3) is 0 Å². The van der Waals surface area contributed by atoms with Crippen molar-refractivity contribution in [3.05, 3.63) is 39.8 Å². The Morgan fingerprint density at radius 2 is 2.06 bits per heavy atom. The number of benzene rings is 1. The summed E-state index contributed by atoms with van der Waals surface area (Å²) in [5.74, 6) is -0.268. The second kappa shape index (κ2) is 6.74. The fourth-order valence-corrected chi connectivity index (χ4v) is 2.87. The van der Waals surface area contributed by atoms with Crippen molar-refractivity contribution in [2.75, 3.05) is 6.61 Å². The summed E-state index contributed by atoms with van der Waals surface area (Å²) < 4.78 is 7.07. The number of halogens is 1. The van der Waals surface area contributed by atoms with Crippen molar-refractivity contribution in [1.82, 2.24) is 0 Å². The normalized spacial score (nSPS) is 11.3. The zero-order valence-corrected chi connectivity index (χ0v) is 11.7. The Balaban J connectivity index is 2.60. The van der Waals surface area contributed by atoms with Gasteiger partial charge in [-0.1, -0.05) is 0 Å². The van der Waals surface area contributed by atoms with E-state index in [0.717, 1.165) is 9.49 Å². The monoisotopic (exact) mass is 304 g/mol. The van der Waals surface area contributed by atoms with Gasteiger partial charge in [0.2, 0.25) is 0 Å². The molecule has 0 aromatic heterocycles. The van der Waals surface area contributed by atoms with Crippen molar-refractivity contribution in [2.24, 2.45) is 0 Å². The van der Waals surface area contributed by atoms with E-state index in [9.17, 15) is 4.79 Å². The number of allylic oxidation sites excluding steroid dienone is 1. The predicted molar refractivity (Wildman–Crippen MR) is 67.2 cm³/mol. The van der Waals surface area contributed by atoms with Gasteiger partial charge in [0.05, 0.1) is 0 Å². The van der Waals surface area contributed by atoms with E-state index >= 15 is 0 Å². The van der Waals surface area contributed by atoms with Gasteiger partial charge >= 0.3 is 107 Å². The minimum atomic E-state index is -0.268. The molecular weight excluding hydrogens is 291 g/mol. The van der Waals surface area contributed by atoms with Crippen LogP contribution in [0.1, 0.15) is 13.8 Å². The number of rotatable bonds is 4. The molecule has 0 aliphatic rings. The molecular formula is C12H13ClO2Se. The number of hydrogen-bond acceptors (Lipinski definition) is 2. The minimum absolute atomic E-state index is 0.150. The third kappa shape index (κ3) is 4.84. The van der Waals surface area contributed by atoms with Crippen molar-refractivity contribution in [3.63, 3.8) is 0 Å². The standard InChI is InChI=1S/C12H13ClO2Se/c1-3-15-12(14)8-9(2)16-11-6-4-10(13)5-7-11/h4-8H,3H2,1-2H3/b9-8-. The maximum absolute atomic E-state index is 11.2. The molecule has 0 unspecified atom stereocenters. The SMILES string of the molecule is CCOC(=O)/C=C(/C)[Se]c1ccc(Cl)cc1. The molecule has 16 heavy (non-hydrogen) atoms. The number of carbonyl (C=O) groups excluding carboxylic acids is 1. The summed E-state index contributed by atoms with van der Waals surface area (Å²) in [6.07, 6.45) is 1.55. The fraction of sp³-hybridized carbons (Fsp3) is 0.250. The van der Waals surface area contributed by atoms with Gasteiger partial charge in [0.15, 0.2) is 0 Å². The average Bonchev–Trinajstić information content (AvgIpc) is 2.21. The molecule has 1 aromatic rings. The van der Waals surface area contributed by atoms with Gasteiger partial charge in [-0.25, -0.2) is 0 Å². The topological polar surface area (TPSA) is 26.3 Å². The first-order valence-corrected chi connectivity index (χ1v) is 6.99. The third-order valence-electron chi connectivity index (χ3n) is 1.70. The van der Waals surface area contributed by atoms with Crippen molar-refractivity contribution >= 4 is 37.0 Å². The molecule has 0 atom stereocenters. The Bertz CT molecular complexity index is 385. The molecule has 0 spiro atoms. The van der Waals surface area contributed by atoms with Crippen LogP contribution in [0.5, 0.6) is 0 Å². The van der Waals surface area contributed by atoms with E-state index < -0.39 is 0 Å². The van der Waals surface area contributed by atoms with Crippen molar-refractivity contribution in [2.45, 2.75) is 13.8 Å². The molecule has 0 bridgehead atoms. The van der Waals surface area contributed by atoms with E-state index in [2.05, 4.69) is 0 Å². The summed E-state index contributed by atoms with van der Waals surface area (Å²) in [7, 11) is 0. The molecule has 2 nitrogen and oxygen atoms in total. The molecule has 86 valence electrons. The molecule has 0 saturated heterocycles. The number of carbonyl (C=O) groups is 1. The maximum atomic E-state index is 11.2. The first kappa shape index (κ1) is 13.3. The quantitative estimate of drug-likeness (QED) is 0.484. The number of ether oxygens (including phenoxy) is 1. The van der Waals surface area contributed by atoms with Crippen LogP contribution in [0.15, 0.2) is 34.8 Å². The summed E-state index contributed by atoms with van der Waals surface area (Å²) in [5.41, 5.74) is 0. The van der Waals surface area contributed by atoms with Gasteiger partial charge in [0.1, 0.15) is 0 Å². The van der Waals surface area contributed by atoms with E-state index in [-0.39, 0.29) is 20.9 Å². The van der Waals surface area contributed by atoms with Crippen LogP contribution in [0.2, 0.25) is 5.02 Å². The Morgan fingerprint density at radius 1 is 1.44 bits per heavy atom. The summed E-state index contributed by atoms with van der Waals surface area (Å²) >= 11 is 5.94. The van der Waals surface area contributed by atoms with Gasteiger partial charge in [0, 0.05) is 0 Å². The zero-order valence-electron chi connectivity index (χ0n) is 9.20. The summed E-state index contributed by atoms with van der Waals surface area (Å²) in [6, 6.07) is 7.67.